The Kier molecular flexibility index (Phi) is 11.0. The smallest absolute Gasteiger partial charge is 0.232 e. The number of unbranched alkanes of at least 4 members (excludes halogenated alkanes) is 4. The molecule has 0 saturated carbocycles. The highest BCUT2D eigenvalue weighted by Gasteiger charge is 2.18. The van der Waals surface area contributed by atoms with Gasteiger partial charge in [0.05, 0.1) is 10.6 Å². The second-order valence-corrected chi connectivity index (χ2v) is 8.65. The third-order valence-corrected chi connectivity index (χ3v) is 6.26. The first kappa shape index (κ1) is 26.0. The van der Waals surface area contributed by atoms with Crippen molar-refractivity contribution in [2.75, 3.05) is 18.0 Å². The molecule has 0 unspecified atom stereocenters. The molecule has 0 aliphatic heterocycles. The third kappa shape index (κ3) is 7.68. The van der Waals surface area contributed by atoms with Crippen molar-refractivity contribution in [1.29, 1.82) is 15.8 Å². The Morgan fingerprint density at radius 1 is 0.939 bits per heavy atom. The van der Waals surface area contributed by atoms with Gasteiger partial charge in [-0.05, 0) is 37.1 Å². The molecule has 0 aliphatic rings. The van der Waals surface area contributed by atoms with Gasteiger partial charge < -0.3 is 4.90 Å². The number of nitriles is 3. The molecular formula is C24H26ClN7S. The molecule has 2 aromatic rings. The molecule has 7 nitrogen and oxygen atoms in total. The normalized spacial score (nSPS) is 10.4. The minimum Gasteiger partial charge on any atom is -0.372 e. The summed E-state index contributed by atoms with van der Waals surface area (Å²) in [5.74, 6) is 0. The number of aromatic nitrogens is 1. The molecule has 1 heterocycles. The quantitative estimate of drug-likeness (QED) is 0.175. The molecule has 0 amide bonds. The average Bonchev–Trinajstić information content (AvgIpc) is 3.20. The second-order valence-electron chi connectivity index (χ2n) is 7.32. The molecule has 2 rings (SSSR count). The van der Waals surface area contributed by atoms with Gasteiger partial charge in [-0.2, -0.15) is 15.8 Å². The molecule has 0 fully saturated rings. The van der Waals surface area contributed by atoms with E-state index in [0.717, 1.165) is 24.4 Å². The van der Waals surface area contributed by atoms with Crippen LogP contribution in [0, 0.1) is 34.0 Å². The van der Waals surface area contributed by atoms with Crippen LogP contribution in [0.4, 0.5) is 16.5 Å². The Morgan fingerprint density at radius 2 is 1.55 bits per heavy atom. The Morgan fingerprint density at radius 3 is 2.06 bits per heavy atom. The zero-order valence-corrected chi connectivity index (χ0v) is 20.5. The number of hydrogen-bond donors (Lipinski definition) is 0. The number of thiazole rings is 1. The lowest BCUT2D eigenvalue weighted by Gasteiger charge is -2.25. The van der Waals surface area contributed by atoms with Crippen LogP contribution in [0.15, 0.2) is 40.1 Å². The Bertz CT molecular complexity index is 1070. The number of rotatable bonds is 12. The Balaban J connectivity index is 2.16. The highest BCUT2D eigenvalue weighted by molar-refractivity contribution is 7.17. The van der Waals surface area contributed by atoms with Gasteiger partial charge in [-0.1, -0.05) is 62.5 Å². The predicted molar refractivity (Wildman–Crippen MR) is 133 cm³/mol. The lowest BCUT2D eigenvalue weighted by molar-refractivity contribution is 0.636. The highest BCUT2D eigenvalue weighted by Crippen LogP contribution is 2.36. The summed E-state index contributed by atoms with van der Waals surface area (Å²) in [6, 6.07) is 13.2. The summed E-state index contributed by atoms with van der Waals surface area (Å²) >= 11 is 7.11. The second kappa shape index (κ2) is 14.0. The van der Waals surface area contributed by atoms with Crippen LogP contribution in [0.5, 0.6) is 0 Å². The van der Waals surface area contributed by atoms with Crippen molar-refractivity contribution in [3.8, 4) is 18.2 Å². The van der Waals surface area contributed by atoms with Crippen LogP contribution >= 0.6 is 22.9 Å². The minimum atomic E-state index is -0.315. The molecule has 0 spiro atoms. The van der Waals surface area contributed by atoms with E-state index in [0.29, 0.717) is 5.69 Å². The van der Waals surface area contributed by atoms with Crippen molar-refractivity contribution in [3.05, 3.63) is 39.9 Å². The number of anilines is 1. The first-order chi connectivity index (χ1) is 16.1. The van der Waals surface area contributed by atoms with Crippen LogP contribution in [0.3, 0.4) is 0 Å². The van der Waals surface area contributed by atoms with Crippen LogP contribution in [0.25, 0.3) is 5.57 Å². The number of nitrogens with zero attached hydrogens (tertiary/aromatic N) is 7. The molecule has 170 valence electrons. The van der Waals surface area contributed by atoms with E-state index in [2.05, 4.69) is 46.1 Å². The summed E-state index contributed by atoms with van der Waals surface area (Å²) in [5.41, 5.74) is 1.41. The number of benzene rings is 1. The van der Waals surface area contributed by atoms with E-state index in [1.807, 2.05) is 18.2 Å². The maximum Gasteiger partial charge on any atom is 0.232 e. The molecule has 0 saturated heterocycles. The van der Waals surface area contributed by atoms with Crippen molar-refractivity contribution in [2.45, 2.75) is 52.4 Å². The standard InChI is InChI=1S/C24H26ClN7S/c1-3-5-7-13-32(14-8-6-4-2)20-11-9-19(10-12-20)30-31-24-29-23(25)22(33-24)21(17-28)18(15-26)16-27/h9-12H,3-8,13-14H2,1-2H3/b31-30+. The number of hydrogen-bond acceptors (Lipinski definition) is 8. The van der Waals surface area contributed by atoms with Crippen LogP contribution in [0.2, 0.25) is 5.15 Å². The van der Waals surface area contributed by atoms with E-state index >= 15 is 0 Å². The number of azo groups is 1. The maximum atomic E-state index is 9.31. The summed E-state index contributed by atoms with van der Waals surface area (Å²) in [6.07, 6.45) is 7.20. The van der Waals surface area contributed by atoms with Crippen molar-refractivity contribution < 1.29 is 0 Å². The molecule has 0 radical (unpaired) electrons. The topological polar surface area (TPSA) is 112 Å². The molecule has 9 heteroatoms. The molecule has 0 atom stereocenters. The van der Waals surface area contributed by atoms with Crippen molar-refractivity contribution >= 4 is 45.0 Å². The average molecular weight is 480 g/mol. The Hall–Kier alpha value is -3.25. The van der Waals surface area contributed by atoms with Crippen molar-refractivity contribution in [1.82, 2.24) is 4.98 Å². The molecule has 1 aromatic carbocycles. The zero-order valence-electron chi connectivity index (χ0n) is 18.9. The highest BCUT2D eigenvalue weighted by atomic mass is 35.5. The van der Waals surface area contributed by atoms with Gasteiger partial charge in [0.1, 0.15) is 29.4 Å². The Labute approximate surface area is 204 Å². The lowest BCUT2D eigenvalue weighted by atomic mass is 10.1. The first-order valence-electron chi connectivity index (χ1n) is 11.0. The van der Waals surface area contributed by atoms with Crippen LogP contribution in [-0.4, -0.2) is 18.1 Å². The fraction of sp³-hybridized carbons (Fsp3) is 0.417. The molecule has 0 bridgehead atoms. The lowest BCUT2D eigenvalue weighted by Crippen LogP contribution is -2.25. The molecule has 33 heavy (non-hydrogen) atoms. The van der Waals surface area contributed by atoms with Crippen LogP contribution < -0.4 is 4.90 Å². The zero-order chi connectivity index (χ0) is 24.1. The van der Waals surface area contributed by atoms with E-state index in [1.54, 1.807) is 12.1 Å². The van der Waals surface area contributed by atoms with Crippen molar-refractivity contribution in [3.63, 3.8) is 0 Å². The van der Waals surface area contributed by atoms with E-state index < -0.39 is 0 Å². The summed E-state index contributed by atoms with van der Waals surface area (Å²) in [5, 5.41) is 36.0. The van der Waals surface area contributed by atoms with E-state index in [4.69, 9.17) is 22.1 Å². The van der Waals surface area contributed by atoms with Gasteiger partial charge in [-0.25, -0.2) is 4.98 Å². The number of allylic oxidation sites excluding steroid dienone is 2. The third-order valence-electron chi connectivity index (χ3n) is 4.92. The summed E-state index contributed by atoms with van der Waals surface area (Å²) in [7, 11) is 0. The van der Waals surface area contributed by atoms with Gasteiger partial charge in [0.25, 0.3) is 0 Å². The van der Waals surface area contributed by atoms with Gasteiger partial charge in [-0.15, -0.1) is 10.2 Å². The van der Waals surface area contributed by atoms with E-state index in [-0.39, 0.29) is 26.3 Å². The predicted octanol–water partition coefficient (Wildman–Crippen LogP) is 7.72. The maximum absolute atomic E-state index is 9.31. The summed E-state index contributed by atoms with van der Waals surface area (Å²) in [6.45, 7) is 6.51. The molecular weight excluding hydrogens is 454 g/mol. The minimum absolute atomic E-state index is 0.0126. The first-order valence-corrected chi connectivity index (χ1v) is 12.1. The van der Waals surface area contributed by atoms with Gasteiger partial charge >= 0.3 is 0 Å². The van der Waals surface area contributed by atoms with Gasteiger partial charge in [0, 0.05) is 18.8 Å². The van der Waals surface area contributed by atoms with Crippen molar-refractivity contribution in [2.24, 2.45) is 10.2 Å². The summed E-state index contributed by atoms with van der Waals surface area (Å²) in [4.78, 5) is 6.75. The number of halogens is 1. The largest absolute Gasteiger partial charge is 0.372 e. The SMILES string of the molecule is CCCCCN(CCCCC)c1ccc(/N=N/c2nc(Cl)c(C(C#N)=C(C#N)C#N)s2)cc1. The van der Waals surface area contributed by atoms with Gasteiger partial charge in [-0.3, -0.25) is 0 Å². The molecule has 0 aliphatic carbocycles. The van der Waals surface area contributed by atoms with Crippen LogP contribution in [-0.2, 0) is 0 Å². The fourth-order valence-corrected chi connectivity index (χ4v) is 4.27. The van der Waals surface area contributed by atoms with Gasteiger partial charge in [0.15, 0.2) is 5.15 Å². The van der Waals surface area contributed by atoms with Crippen LogP contribution in [0.1, 0.15) is 57.2 Å². The van der Waals surface area contributed by atoms with E-state index in [9.17, 15) is 5.26 Å². The van der Waals surface area contributed by atoms with Gasteiger partial charge in [0.2, 0.25) is 5.13 Å². The monoisotopic (exact) mass is 479 g/mol. The van der Waals surface area contributed by atoms with E-state index in [1.165, 1.54) is 44.2 Å². The molecule has 1 aromatic heterocycles. The fourth-order valence-electron chi connectivity index (χ4n) is 3.15. The molecule has 0 N–H and O–H groups in total. The summed E-state index contributed by atoms with van der Waals surface area (Å²) < 4.78 is 0.